The molecular formula is C30H32N2O3. The second-order valence-corrected chi connectivity index (χ2v) is 8.81. The van der Waals surface area contributed by atoms with Crippen molar-refractivity contribution in [3.05, 3.63) is 102 Å². The van der Waals surface area contributed by atoms with Crippen LogP contribution >= 0.6 is 0 Å². The van der Waals surface area contributed by atoms with Gasteiger partial charge in [-0.2, -0.15) is 0 Å². The van der Waals surface area contributed by atoms with Gasteiger partial charge in [-0.15, -0.1) is 0 Å². The zero-order valence-corrected chi connectivity index (χ0v) is 20.1. The van der Waals surface area contributed by atoms with E-state index >= 15 is 0 Å². The maximum Gasteiger partial charge on any atom is 0.252 e. The number of para-hydroxylation sites is 1. The maximum absolute atomic E-state index is 13.8. The minimum Gasteiger partial charge on any atom is -0.497 e. The highest BCUT2D eigenvalue weighted by atomic mass is 16.5. The normalized spacial score (nSPS) is 14.9. The molecule has 0 aliphatic heterocycles. The standard InChI is InChI=1S/C30H32N2O3/c1-35-27-20-18-24(19-21-27)29(30(34)31-25-13-7-3-8-14-25)32(26-15-9-4-10-16-26)28(33)22-17-23-11-5-2-6-12-23/h2,4-6,9-12,15-22,25,29H,3,7-8,13-14H2,1H3,(H,31,34)/b22-17+. The Morgan fingerprint density at radius 3 is 2.14 bits per heavy atom. The average molecular weight is 469 g/mol. The van der Waals surface area contributed by atoms with Gasteiger partial charge in [0.05, 0.1) is 7.11 Å². The van der Waals surface area contributed by atoms with Crippen molar-refractivity contribution < 1.29 is 14.3 Å². The molecule has 180 valence electrons. The van der Waals surface area contributed by atoms with Crippen LogP contribution in [-0.4, -0.2) is 25.0 Å². The molecule has 1 saturated carbocycles. The monoisotopic (exact) mass is 468 g/mol. The third-order valence-electron chi connectivity index (χ3n) is 6.38. The summed E-state index contributed by atoms with van der Waals surface area (Å²) in [5, 5.41) is 3.24. The van der Waals surface area contributed by atoms with E-state index in [1.807, 2.05) is 84.9 Å². The first-order chi connectivity index (χ1) is 17.2. The molecule has 0 spiro atoms. The minimum atomic E-state index is -0.821. The van der Waals surface area contributed by atoms with Crippen LogP contribution in [0.3, 0.4) is 0 Å². The van der Waals surface area contributed by atoms with Crippen LogP contribution in [0.1, 0.15) is 49.3 Å². The number of nitrogens with zero attached hydrogens (tertiary/aromatic N) is 1. The van der Waals surface area contributed by atoms with Crippen molar-refractivity contribution in [3.8, 4) is 5.75 Å². The second-order valence-electron chi connectivity index (χ2n) is 8.81. The number of ether oxygens (including phenoxy) is 1. The summed E-state index contributed by atoms with van der Waals surface area (Å²) in [6.07, 6.45) is 8.67. The molecule has 1 aliphatic rings. The van der Waals surface area contributed by atoms with Gasteiger partial charge in [-0.25, -0.2) is 0 Å². The van der Waals surface area contributed by atoms with Gasteiger partial charge in [0, 0.05) is 17.8 Å². The first kappa shape index (κ1) is 24.3. The fourth-order valence-electron chi connectivity index (χ4n) is 4.54. The number of amides is 2. The molecule has 3 aromatic rings. The van der Waals surface area contributed by atoms with E-state index in [0.29, 0.717) is 11.4 Å². The SMILES string of the molecule is COc1ccc(C(C(=O)NC2CCCCC2)N(C(=O)/C=C/c2ccccc2)c2ccccc2)cc1. The Bertz CT molecular complexity index is 1120. The molecule has 5 nitrogen and oxygen atoms in total. The number of hydrogen-bond acceptors (Lipinski definition) is 3. The van der Waals surface area contributed by atoms with Gasteiger partial charge in [0.2, 0.25) is 5.91 Å². The van der Waals surface area contributed by atoms with Crippen molar-refractivity contribution in [1.29, 1.82) is 0 Å². The third kappa shape index (κ3) is 6.38. The number of carbonyl (C=O) groups is 2. The molecule has 1 aliphatic carbocycles. The predicted octanol–water partition coefficient (Wildman–Crippen LogP) is 5.93. The molecule has 5 heteroatoms. The van der Waals surface area contributed by atoms with Crippen LogP contribution in [0.5, 0.6) is 5.75 Å². The number of rotatable bonds is 8. The van der Waals surface area contributed by atoms with Crippen LogP contribution in [0.15, 0.2) is 91.0 Å². The van der Waals surface area contributed by atoms with E-state index in [1.165, 1.54) is 12.5 Å². The molecule has 1 fully saturated rings. The van der Waals surface area contributed by atoms with Crippen LogP contribution in [0, 0.1) is 0 Å². The number of hydrogen-bond donors (Lipinski definition) is 1. The minimum absolute atomic E-state index is 0.129. The lowest BCUT2D eigenvalue weighted by atomic mass is 9.94. The Balaban J connectivity index is 1.72. The first-order valence-electron chi connectivity index (χ1n) is 12.2. The fraction of sp³-hybridized carbons (Fsp3) is 0.267. The largest absolute Gasteiger partial charge is 0.497 e. The molecule has 3 aromatic carbocycles. The molecular weight excluding hydrogens is 436 g/mol. The van der Waals surface area contributed by atoms with Gasteiger partial charge in [0.25, 0.3) is 5.91 Å². The second kappa shape index (κ2) is 12.0. The van der Waals surface area contributed by atoms with Crippen molar-refractivity contribution in [2.45, 2.75) is 44.2 Å². The van der Waals surface area contributed by atoms with E-state index in [4.69, 9.17) is 4.74 Å². The summed E-state index contributed by atoms with van der Waals surface area (Å²) in [5.74, 6) is 0.258. The lowest BCUT2D eigenvalue weighted by Crippen LogP contribution is -2.47. The van der Waals surface area contributed by atoms with Crippen LogP contribution < -0.4 is 15.0 Å². The number of carbonyl (C=O) groups excluding carboxylic acids is 2. The molecule has 0 aromatic heterocycles. The third-order valence-corrected chi connectivity index (χ3v) is 6.38. The van der Waals surface area contributed by atoms with Crippen molar-refractivity contribution >= 4 is 23.6 Å². The Hall–Kier alpha value is -3.86. The summed E-state index contributed by atoms with van der Waals surface area (Å²) in [7, 11) is 1.61. The van der Waals surface area contributed by atoms with E-state index < -0.39 is 6.04 Å². The number of benzene rings is 3. The molecule has 1 atom stereocenters. The smallest absolute Gasteiger partial charge is 0.252 e. The summed E-state index contributed by atoms with van der Waals surface area (Å²) >= 11 is 0. The van der Waals surface area contributed by atoms with Crippen LogP contribution in [-0.2, 0) is 9.59 Å². The molecule has 35 heavy (non-hydrogen) atoms. The van der Waals surface area contributed by atoms with E-state index in [-0.39, 0.29) is 17.9 Å². The van der Waals surface area contributed by atoms with Gasteiger partial charge < -0.3 is 10.1 Å². The van der Waals surface area contributed by atoms with Crippen molar-refractivity contribution in [2.75, 3.05) is 12.0 Å². The summed E-state index contributed by atoms with van der Waals surface area (Å²) < 4.78 is 5.32. The van der Waals surface area contributed by atoms with E-state index in [0.717, 1.165) is 36.8 Å². The van der Waals surface area contributed by atoms with Gasteiger partial charge in [-0.3, -0.25) is 14.5 Å². The Morgan fingerprint density at radius 2 is 1.51 bits per heavy atom. The topological polar surface area (TPSA) is 58.6 Å². The summed E-state index contributed by atoms with van der Waals surface area (Å²) in [6, 6.07) is 25.7. The summed E-state index contributed by atoms with van der Waals surface area (Å²) in [4.78, 5) is 29.1. The zero-order valence-electron chi connectivity index (χ0n) is 20.1. The number of anilines is 1. The maximum atomic E-state index is 13.8. The molecule has 2 amide bonds. The van der Waals surface area contributed by atoms with E-state index in [2.05, 4.69) is 5.32 Å². The quantitative estimate of drug-likeness (QED) is 0.417. The molecule has 0 bridgehead atoms. The van der Waals surface area contributed by atoms with E-state index in [9.17, 15) is 9.59 Å². The van der Waals surface area contributed by atoms with Gasteiger partial charge in [0.1, 0.15) is 11.8 Å². The highest BCUT2D eigenvalue weighted by Gasteiger charge is 2.33. The van der Waals surface area contributed by atoms with Crippen LogP contribution in [0.2, 0.25) is 0 Å². The van der Waals surface area contributed by atoms with Crippen LogP contribution in [0.25, 0.3) is 6.08 Å². The molecule has 1 unspecified atom stereocenters. The predicted molar refractivity (Wildman–Crippen MR) is 140 cm³/mol. The first-order valence-corrected chi connectivity index (χ1v) is 12.2. The summed E-state index contributed by atoms with van der Waals surface area (Å²) in [5.41, 5.74) is 2.31. The lowest BCUT2D eigenvalue weighted by Gasteiger charge is -2.33. The molecule has 0 radical (unpaired) electrons. The zero-order chi connectivity index (χ0) is 24.5. The summed E-state index contributed by atoms with van der Waals surface area (Å²) in [6.45, 7) is 0. The fourth-order valence-corrected chi connectivity index (χ4v) is 4.54. The highest BCUT2D eigenvalue weighted by Crippen LogP contribution is 2.30. The van der Waals surface area contributed by atoms with Crippen molar-refractivity contribution in [3.63, 3.8) is 0 Å². The van der Waals surface area contributed by atoms with Gasteiger partial charge in [0.15, 0.2) is 0 Å². The van der Waals surface area contributed by atoms with Crippen LogP contribution in [0.4, 0.5) is 5.69 Å². The van der Waals surface area contributed by atoms with Gasteiger partial charge in [-0.05, 0) is 54.3 Å². The Morgan fingerprint density at radius 1 is 0.886 bits per heavy atom. The number of nitrogens with one attached hydrogen (secondary N) is 1. The Labute approximate surface area is 207 Å². The van der Waals surface area contributed by atoms with Gasteiger partial charge in [-0.1, -0.05) is 79.9 Å². The molecule has 0 saturated heterocycles. The van der Waals surface area contributed by atoms with E-state index in [1.54, 1.807) is 18.1 Å². The Kier molecular flexibility index (Phi) is 8.34. The average Bonchev–Trinajstić information content (AvgIpc) is 2.92. The molecule has 0 heterocycles. The van der Waals surface area contributed by atoms with Crippen molar-refractivity contribution in [1.82, 2.24) is 5.32 Å². The van der Waals surface area contributed by atoms with Gasteiger partial charge >= 0.3 is 0 Å². The van der Waals surface area contributed by atoms with Crippen molar-refractivity contribution in [2.24, 2.45) is 0 Å². The number of methoxy groups -OCH3 is 1. The molecule has 1 N–H and O–H groups in total. The lowest BCUT2D eigenvalue weighted by molar-refractivity contribution is -0.126. The molecule has 4 rings (SSSR count). The highest BCUT2D eigenvalue weighted by molar-refractivity contribution is 6.08.